The van der Waals surface area contributed by atoms with Crippen LogP contribution in [-0.4, -0.2) is 35.6 Å². The van der Waals surface area contributed by atoms with Gasteiger partial charge in [-0.2, -0.15) is 0 Å². The predicted octanol–water partition coefficient (Wildman–Crippen LogP) is 1.01. The number of benzene rings is 1. The van der Waals surface area contributed by atoms with Gasteiger partial charge in [-0.3, -0.25) is 14.9 Å². The molecule has 1 unspecified atom stereocenters. The lowest BCUT2D eigenvalue weighted by molar-refractivity contribution is -0.136. The number of rotatable bonds is 1. The Kier molecular flexibility index (Phi) is 3.03. The SMILES string of the molecule is O=C1CCC(N2C=Nc3ccccc3CC2)C(=O)N1. The van der Waals surface area contributed by atoms with E-state index in [0.29, 0.717) is 12.8 Å². The molecule has 0 spiro atoms. The average Bonchev–Trinajstić information content (AvgIpc) is 2.62. The number of hydrogen-bond acceptors (Lipinski definition) is 4. The van der Waals surface area contributed by atoms with Gasteiger partial charge in [-0.05, 0) is 24.5 Å². The predicted molar refractivity (Wildman–Crippen MR) is 71.2 cm³/mol. The molecule has 0 aliphatic carbocycles. The largest absolute Gasteiger partial charge is 0.350 e. The third-order valence-corrected chi connectivity index (χ3v) is 3.59. The second kappa shape index (κ2) is 4.84. The van der Waals surface area contributed by atoms with E-state index >= 15 is 0 Å². The highest BCUT2D eigenvalue weighted by Gasteiger charge is 2.30. The van der Waals surface area contributed by atoms with Gasteiger partial charge in [0.1, 0.15) is 6.04 Å². The number of fused-ring (bicyclic) bond motifs is 1. The van der Waals surface area contributed by atoms with Crippen LogP contribution in [0.5, 0.6) is 0 Å². The molecule has 2 aliphatic rings. The molecule has 2 heterocycles. The minimum absolute atomic E-state index is 0.184. The first kappa shape index (κ1) is 11.9. The Bertz CT molecular complexity index is 553. The number of nitrogens with zero attached hydrogens (tertiary/aromatic N) is 2. The van der Waals surface area contributed by atoms with Crippen molar-refractivity contribution in [1.29, 1.82) is 0 Å². The Morgan fingerprint density at radius 3 is 2.89 bits per heavy atom. The standard InChI is InChI=1S/C14H15N3O2/c18-13-6-5-12(14(19)16-13)17-8-7-10-3-1-2-4-11(10)15-9-17/h1-4,9,12H,5-8H2,(H,16,18,19). The van der Waals surface area contributed by atoms with Crippen LogP contribution in [0.2, 0.25) is 0 Å². The zero-order valence-electron chi connectivity index (χ0n) is 10.5. The van der Waals surface area contributed by atoms with Crippen molar-refractivity contribution in [3.63, 3.8) is 0 Å². The molecule has 5 heteroatoms. The van der Waals surface area contributed by atoms with E-state index in [1.807, 2.05) is 23.1 Å². The second-order valence-corrected chi connectivity index (χ2v) is 4.83. The maximum Gasteiger partial charge on any atom is 0.249 e. The number of piperidine rings is 1. The minimum atomic E-state index is -0.282. The van der Waals surface area contributed by atoms with Gasteiger partial charge in [-0.1, -0.05) is 18.2 Å². The van der Waals surface area contributed by atoms with Crippen molar-refractivity contribution < 1.29 is 9.59 Å². The summed E-state index contributed by atoms with van der Waals surface area (Å²) in [6.07, 6.45) is 3.54. The smallest absolute Gasteiger partial charge is 0.249 e. The van der Waals surface area contributed by atoms with Crippen molar-refractivity contribution in [2.24, 2.45) is 4.99 Å². The molecule has 0 radical (unpaired) electrons. The lowest BCUT2D eigenvalue weighted by Crippen LogP contribution is -2.52. The Hall–Kier alpha value is -2.17. The van der Waals surface area contributed by atoms with Gasteiger partial charge in [0.25, 0.3) is 0 Å². The number of carbonyl (C=O) groups is 2. The van der Waals surface area contributed by atoms with Crippen molar-refractivity contribution in [1.82, 2.24) is 10.2 Å². The number of nitrogens with one attached hydrogen (secondary N) is 1. The van der Waals surface area contributed by atoms with Gasteiger partial charge >= 0.3 is 0 Å². The normalized spacial score (nSPS) is 22.7. The zero-order chi connectivity index (χ0) is 13.2. The molecule has 1 N–H and O–H groups in total. The van der Waals surface area contributed by atoms with Gasteiger partial charge in [0.15, 0.2) is 0 Å². The maximum absolute atomic E-state index is 11.9. The van der Waals surface area contributed by atoms with E-state index in [4.69, 9.17) is 0 Å². The molecule has 1 fully saturated rings. The number of para-hydroxylation sites is 1. The summed E-state index contributed by atoms with van der Waals surface area (Å²) >= 11 is 0. The van der Waals surface area contributed by atoms with E-state index in [0.717, 1.165) is 18.7 Å². The van der Waals surface area contributed by atoms with Crippen molar-refractivity contribution in [3.8, 4) is 0 Å². The molecule has 1 saturated heterocycles. The lowest BCUT2D eigenvalue weighted by Gasteiger charge is -2.30. The van der Waals surface area contributed by atoms with Crippen LogP contribution in [0.15, 0.2) is 29.3 Å². The van der Waals surface area contributed by atoms with E-state index in [9.17, 15) is 9.59 Å². The Morgan fingerprint density at radius 1 is 1.21 bits per heavy atom. The van der Waals surface area contributed by atoms with Crippen LogP contribution in [0.4, 0.5) is 5.69 Å². The molecule has 0 bridgehead atoms. The van der Waals surface area contributed by atoms with E-state index < -0.39 is 0 Å². The molecule has 0 saturated carbocycles. The Balaban J connectivity index is 1.78. The van der Waals surface area contributed by atoms with Crippen molar-refractivity contribution >= 4 is 23.8 Å². The summed E-state index contributed by atoms with van der Waals surface area (Å²) in [5, 5.41) is 2.39. The Labute approximate surface area is 111 Å². The molecule has 2 aliphatic heterocycles. The third kappa shape index (κ3) is 2.36. The fourth-order valence-electron chi connectivity index (χ4n) is 2.53. The molecule has 98 valence electrons. The first-order chi connectivity index (χ1) is 9.24. The summed E-state index contributed by atoms with van der Waals surface area (Å²) in [6.45, 7) is 0.743. The highest BCUT2D eigenvalue weighted by atomic mass is 16.2. The maximum atomic E-state index is 11.9. The highest BCUT2D eigenvalue weighted by Crippen LogP contribution is 2.23. The van der Waals surface area contributed by atoms with Gasteiger partial charge < -0.3 is 4.90 Å². The summed E-state index contributed by atoms with van der Waals surface area (Å²) in [5.41, 5.74) is 2.14. The van der Waals surface area contributed by atoms with Gasteiger partial charge in [0, 0.05) is 13.0 Å². The second-order valence-electron chi connectivity index (χ2n) is 4.83. The molecule has 1 aromatic rings. The fraction of sp³-hybridized carbons (Fsp3) is 0.357. The molecular weight excluding hydrogens is 242 g/mol. The summed E-state index contributed by atoms with van der Waals surface area (Å²) < 4.78 is 0. The number of amides is 2. The van der Waals surface area contributed by atoms with Crippen molar-refractivity contribution in [2.75, 3.05) is 6.54 Å². The first-order valence-corrected chi connectivity index (χ1v) is 6.45. The van der Waals surface area contributed by atoms with Crippen LogP contribution in [-0.2, 0) is 16.0 Å². The first-order valence-electron chi connectivity index (χ1n) is 6.45. The lowest BCUT2D eigenvalue weighted by atomic mass is 10.0. The van der Waals surface area contributed by atoms with Gasteiger partial charge in [-0.25, -0.2) is 4.99 Å². The van der Waals surface area contributed by atoms with E-state index in [-0.39, 0.29) is 17.9 Å². The third-order valence-electron chi connectivity index (χ3n) is 3.59. The minimum Gasteiger partial charge on any atom is -0.350 e. The average molecular weight is 257 g/mol. The van der Waals surface area contributed by atoms with E-state index in [2.05, 4.69) is 16.4 Å². The van der Waals surface area contributed by atoms with Crippen LogP contribution >= 0.6 is 0 Å². The molecule has 0 aromatic heterocycles. The molecular formula is C14H15N3O2. The number of aliphatic imine (C=N–C) groups is 1. The van der Waals surface area contributed by atoms with Crippen LogP contribution < -0.4 is 5.32 Å². The van der Waals surface area contributed by atoms with Gasteiger partial charge in [0.05, 0.1) is 12.0 Å². The summed E-state index contributed by atoms with van der Waals surface area (Å²) in [6, 6.07) is 7.70. The highest BCUT2D eigenvalue weighted by molar-refractivity contribution is 6.01. The van der Waals surface area contributed by atoms with Crippen molar-refractivity contribution in [3.05, 3.63) is 29.8 Å². The quantitative estimate of drug-likeness (QED) is 0.764. The van der Waals surface area contributed by atoms with E-state index in [1.165, 1.54) is 5.56 Å². The fourth-order valence-corrected chi connectivity index (χ4v) is 2.53. The molecule has 5 nitrogen and oxygen atoms in total. The van der Waals surface area contributed by atoms with Gasteiger partial charge in [-0.15, -0.1) is 0 Å². The summed E-state index contributed by atoms with van der Waals surface area (Å²) in [5.74, 6) is -0.398. The molecule has 3 rings (SSSR count). The number of hydrogen-bond donors (Lipinski definition) is 1. The Morgan fingerprint density at radius 2 is 2.05 bits per heavy atom. The van der Waals surface area contributed by atoms with Gasteiger partial charge in [0.2, 0.25) is 11.8 Å². The van der Waals surface area contributed by atoms with Crippen LogP contribution in [0.1, 0.15) is 18.4 Å². The van der Waals surface area contributed by atoms with Crippen LogP contribution in [0, 0.1) is 0 Å². The van der Waals surface area contributed by atoms with E-state index in [1.54, 1.807) is 6.34 Å². The monoisotopic (exact) mass is 257 g/mol. The topological polar surface area (TPSA) is 61.8 Å². The number of carbonyl (C=O) groups excluding carboxylic acids is 2. The molecule has 19 heavy (non-hydrogen) atoms. The molecule has 1 aromatic carbocycles. The van der Waals surface area contributed by atoms with Crippen LogP contribution in [0.3, 0.4) is 0 Å². The summed E-state index contributed by atoms with van der Waals surface area (Å²) in [7, 11) is 0. The number of imide groups is 1. The molecule has 2 amide bonds. The zero-order valence-corrected chi connectivity index (χ0v) is 10.5. The van der Waals surface area contributed by atoms with Crippen LogP contribution in [0.25, 0.3) is 0 Å². The molecule has 1 atom stereocenters. The van der Waals surface area contributed by atoms with Crippen molar-refractivity contribution in [2.45, 2.75) is 25.3 Å². The summed E-state index contributed by atoms with van der Waals surface area (Å²) in [4.78, 5) is 29.4.